The van der Waals surface area contributed by atoms with Crippen LogP contribution < -0.4 is 10.6 Å². The van der Waals surface area contributed by atoms with Gasteiger partial charge in [-0.2, -0.15) is 0 Å². The van der Waals surface area contributed by atoms with Gasteiger partial charge in [-0.3, -0.25) is 4.79 Å². The number of carbonyl (C=O) groups is 2. The fraction of sp³-hybridized carbons (Fsp3) is 0.882. The van der Waals surface area contributed by atoms with E-state index >= 15 is 0 Å². The van der Waals surface area contributed by atoms with Crippen LogP contribution in [0.15, 0.2) is 0 Å². The van der Waals surface area contributed by atoms with E-state index in [2.05, 4.69) is 38.3 Å². The lowest BCUT2D eigenvalue weighted by atomic mass is 10.0. The molecule has 0 saturated carbocycles. The molecular weight excluding hydrogens is 296 g/mol. The first-order chi connectivity index (χ1) is 10.8. The zero-order valence-corrected chi connectivity index (χ0v) is 15.1. The highest BCUT2D eigenvalue weighted by molar-refractivity contribution is 5.81. The number of rotatable bonds is 11. The van der Waals surface area contributed by atoms with Crippen molar-refractivity contribution in [2.75, 3.05) is 19.7 Å². The summed E-state index contributed by atoms with van der Waals surface area (Å²) in [5, 5.41) is 6.22. The summed E-state index contributed by atoms with van der Waals surface area (Å²) in [5.41, 5.74) is 0. The summed E-state index contributed by atoms with van der Waals surface area (Å²) in [6.07, 6.45) is 1.06. The summed E-state index contributed by atoms with van der Waals surface area (Å²) in [5.74, 6) is 0.676. The van der Waals surface area contributed by atoms with E-state index in [4.69, 9.17) is 9.47 Å². The van der Waals surface area contributed by atoms with Crippen molar-refractivity contribution < 1.29 is 19.1 Å². The second-order valence-corrected chi connectivity index (χ2v) is 6.91. The van der Waals surface area contributed by atoms with E-state index in [1.165, 1.54) is 0 Å². The van der Waals surface area contributed by atoms with Crippen molar-refractivity contribution in [3.63, 3.8) is 0 Å². The van der Waals surface area contributed by atoms with Gasteiger partial charge in [0.2, 0.25) is 5.91 Å². The Morgan fingerprint density at radius 1 is 1.17 bits per heavy atom. The molecule has 23 heavy (non-hydrogen) atoms. The van der Waals surface area contributed by atoms with Crippen molar-refractivity contribution in [1.29, 1.82) is 0 Å². The predicted molar refractivity (Wildman–Crippen MR) is 89.0 cm³/mol. The Labute approximate surface area is 139 Å². The third-order valence-corrected chi connectivity index (χ3v) is 3.71. The second kappa shape index (κ2) is 9.88. The standard InChI is InChI=1S/C17H32N2O4/c1-6-22-17(21)15-14(23-15)10-19-13(9-12(4)5)16(20)18-8-7-11(2)3/h11-15,19H,6-10H2,1-5H3,(H,18,20)/t13-,14+,15-/m0/s1. The van der Waals surface area contributed by atoms with Gasteiger partial charge in [0, 0.05) is 13.1 Å². The molecule has 1 heterocycles. The second-order valence-electron chi connectivity index (χ2n) is 6.91. The van der Waals surface area contributed by atoms with Gasteiger partial charge in [0.25, 0.3) is 0 Å². The number of esters is 1. The molecule has 1 rings (SSSR count). The molecule has 0 radical (unpaired) electrons. The van der Waals surface area contributed by atoms with Crippen LogP contribution >= 0.6 is 0 Å². The highest BCUT2D eigenvalue weighted by Crippen LogP contribution is 2.23. The number of carbonyl (C=O) groups excluding carboxylic acids is 2. The minimum absolute atomic E-state index is 0.0210. The van der Waals surface area contributed by atoms with Gasteiger partial charge in [-0.05, 0) is 31.6 Å². The summed E-state index contributed by atoms with van der Waals surface area (Å²) in [4.78, 5) is 23.8. The number of nitrogens with one attached hydrogen (secondary N) is 2. The van der Waals surface area contributed by atoms with Gasteiger partial charge in [-0.15, -0.1) is 0 Å². The van der Waals surface area contributed by atoms with Crippen LogP contribution in [-0.2, 0) is 19.1 Å². The fourth-order valence-corrected chi connectivity index (χ4v) is 2.35. The molecule has 0 bridgehead atoms. The quantitative estimate of drug-likeness (QED) is 0.444. The van der Waals surface area contributed by atoms with Gasteiger partial charge in [0.15, 0.2) is 6.10 Å². The Balaban J connectivity index is 2.37. The number of hydrogen-bond donors (Lipinski definition) is 2. The molecule has 2 N–H and O–H groups in total. The SMILES string of the molecule is CCOC(=O)[C@H]1O[C@@H]1CN[C@@H](CC(C)C)C(=O)NCCC(C)C. The van der Waals surface area contributed by atoms with Gasteiger partial charge >= 0.3 is 5.97 Å². The summed E-state index contributed by atoms with van der Waals surface area (Å²) >= 11 is 0. The molecule has 3 atom stereocenters. The van der Waals surface area contributed by atoms with Crippen molar-refractivity contribution in [1.82, 2.24) is 10.6 Å². The third-order valence-electron chi connectivity index (χ3n) is 3.71. The largest absolute Gasteiger partial charge is 0.464 e. The van der Waals surface area contributed by atoms with Crippen LogP contribution in [0, 0.1) is 11.8 Å². The summed E-state index contributed by atoms with van der Waals surface area (Å²) < 4.78 is 10.2. The molecule has 0 aromatic carbocycles. The first kappa shape index (κ1) is 19.9. The lowest BCUT2D eigenvalue weighted by Gasteiger charge is -2.20. The van der Waals surface area contributed by atoms with Crippen LogP contribution in [0.2, 0.25) is 0 Å². The molecule has 1 aliphatic heterocycles. The molecule has 0 spiro atoms. The average Bonchev–Trinajstić information content (AvgIpc) is 3.22. The van der Waals surface area contributed by atoms with Crippen molar-refractivity contribution in [3.05, 3.63) is 0 Å². The lowest BCUT2D eigenvalue weighted by molar-refractivity contribution is -0.144. The smallest absolute Gasteiger partial charge is 0.338 e. The van der Waals surface area contributed by atoms with Gasteiger partial charge < -0.3 is 20.1 Å². The molecule has 6 nitrogen and oxygen atoms in total. The molecule has 1 amide bonds. The zero-order chi connectivity index (χ0) is 17.4. The first-order valence-electron chi connectivity index (χ1n) is 8.68. The van der Waals surface area contributed by atoms with Crippen LogP contribution in [0.3, 0.4) is 0 Å². The minimum atomic E-state index is -0.480. The highest BCUT2D eigenvalue weighted by atomic mass is 16.6. The number of hydrogen-bond acceptors (Lipinski definition) is 5. The maximum Gasteiger partial charge on any atom is 0.338 e. The van der Waals surface area contributed by atoms with E-state index in [-0.39, 0.29) is 24.0 Å². The monoisotopic (exact) mass is 328 g/mol. The minimum Gasteiger partial charge on any atom is -0.464 e. The number of ether oxygens (including phenoxy) is 2. The summed E-state index contributed by atoms with van der Waals surface area (Å²) in [6.45, 7) is 11.7. The first-order valence-corrected chi connectivity index (χ1v) is 8.68. The normalized spacial score (nSPS) is 21.3. The van der Waals surface area contributed by atoms with Crippen molar-refractivity contribution in [3.8, 4) is 0 Å². The lowest BCUT2D eigenvalue weighted by Crippen LogP contribution is -2.46. The van der Waals surface area contributed by atoms with Gasteiger partial charge in [-0.25, -0.2) is 4.79 Å². The molecular formula is C17H32N2O4. The Morgan fingerprint density at radius 2 is 1.87 bits per heavy atom. The van der Waals surface area contributed by atoms with E-state index in [9.17, 15) is 9.59 Å². The summed E-state index contributed by atoms with van der Waals surface area (Å²) in [7, 11) is 0. The van der Waals surface area contributed by atoms with E-state index in [0.29, 0.717) is 31.5 Å². The highest BCUT2D eigenvalue weighted by Gasteiger charge is 2.46. The molecule has 0 aromatic heterocycles. The molecule has 0 aromatic rings. The fourth-order valence-electron chi connectivity index (χ4n) is 2.35. The number of epoxide rings is 1. The van der Waals surface area contributed by atoms with Gasteiger partial charge in [0.1, 0.15) is 6.10 Å². The van der Waals surface area contributed by atoms with Crippen LogP contribution in [0.1, 0.15) is 47.5 Å². The van der Waals surface area contributed by atoms with E-state index in [1.54, 1.807) is 6.92 Å². The maximum atomic E-state index is 12.3. The zero-order valence-electron chi connectivity index (χ0n) is 15.1. The Morgan fingerprint density at radius 3 is 2.43 bits per heavy atom. The molecule has 1 saturated heterocycles. The van der Waals surface area contributed by atoms with Crippen molar-refractivity contribution >= 4 is 11.9 Å². The molecule has 1 fully saturated rings. The van der Waals surface area contributed by atoms with Crippen molar-refractivity contribution in [2.24, 2.45) is 11.8 Å². The van der Waals surface area contributed by atoms with E-state index in [1.807, 2.05) is 0 Å². The Bertz CT molecular complexity index is 385. The molecule has 134 valence electrons. The summed E-state index contributed by atoms with van der Waals surface area (Å²) in [6, 6.07) is -0.255. The Hall–Kier alpha value is -1.14. The number of amides is 1. The van der Waals surface area contributed by atoms with Crippen LogP contribution in [0.4, 0.5) is 0 Å². The molecule has 0 unspecified atom stereocenters. The molecule has 0 aliphatic carbocycles. The van der Waals surface area contributed by atoms with Crippen LogP contribution in [0.5, 0.6) is 0 Å². The average molecular weight is 328 g/mol. The van der Waals surface area contributed by atoms with Gasteiger partial charge in [-0.1, -0.05) is 27.7 Å². The van der Waals surface area contributed by atoms with E-state index < -0.39 is 6.10 Å². The predicted octanol–water partition coefficient (Wildman–Crippen LogP) is 1.48. The third kappa shape index (κ3) is 7.79. The Kier molecular flexibility index (Phi) is 8.55. The van der Waals surface area contributed by atoms with Gasteiger partial charge in [0.05, 0.1) is 12.6 Å². The topological polar surface area (TPSA) is 80.0 Å². The maximum absolute atomic E-state index is 12.3. The van der Waals surface area contributed by atoms with Crippen molar-refractivity contribution in [2.45, 2.75) is 65.7 Å². The molecule has 6 heteroatoms. The van der Waals surface area contributed by atoms with Crippen LogP contribution in [0.25, 0.3) is 0 Å². The van der Waals surface area contributed by atoms with Crippen LogP contribution in [-0.4, -0.2) is 49.8 Å². The molecule has 1 aliphatic rings. The van der Waals surface area contributed by atoms with E-state index in [0.717, 1.165) is 12.8 Å².